The molecule has 270 valence electrons. The largest absolute Gasteiger partial charge is 0.490 e. The maximum absolute atomic E-state index is 13.7. The van der Waals surface area contributed by atoms with Crippen molar-refractivity contribution in [2.45, 2.75) is 113 Å². The molecule has 5 aliphatic rings. The number of aliphatic carboxylic acids is 1. The molecule has 6 atom stereocenters. The third-order valence-electron chi connectivity index (χ3n) is 13.1. The Bertz CT molecular complexity index is 1690. The molecule has 1 spiro atoms. The Hall–Kier alpha value is -2.85. The molecule has 0 radical (unpaired) electrons. The fraction of sp³-hybridized carbons (Fsp3) is 0.600. The van der Waals surface area contributed by atoms with Gasteiger partial charge in [0.05, 0.1) is 24.8 Å². The van der Waals surface area contributed by atoms with Crippen LogP contribution < -0.4 is 9.64 Å². The molecule has 2 aromatic rings. The monoisotopic (exact) mass is 720 g/mol. The average Bonchev–Trinajstić information content (AvgIpc) is 3.16. The predicted octanol–water partition coefficient (Wildman–Crippen LogP) is 7.45. The van der Waals surface area contributed by atoms with Crippen molar-refractivity contribution in [1.82, 2.24) is 4.90 Å². The molecule has 2 fully saturated rings. The van der Waals surface area contributed by atoms with Crippen LogP contribution in [0.3, 0.4) is 0 Å². The van der Waals surface area contributed by atoms with E-state index in [1.165, 1.54) is 11.1 Å². The lowest BCUT2D eigenvalue weighted by molar-refractivity contribution is -0.166. The zero-order valence-electron chi connectivity index (χ0n) is 30.2. The highest BCUT2D eigenvalue weighted by molar-refractivity contribution is 6.74. The van der Waals surface area contributed by atoms with E-state index in [1.54, 1.807) is 23.1 Å². The number of hydrogen-bond acceptors (Lipinski definition) is 6. The van der Waals surface area contributed by atoms with Crippen LogP contribution in [0.15, 0.2) is 48.6 Å². The Labute approximate surface area is 302 Å². The van der Waals surface area contributed by atoms with Crippen LogP contribution in [0, 0.1) is 11.8 Å². The zero-order chi connectivity index (χ0) is 35.6. The number of ether oxygens (including phenoxy) is 1. The van der Waals surface area contributed by atoms with E-state index in [0.717, 1.165) is 55.8 Å². The van der Waals surface area contributed by atoms with Gasteiger partial charge in [0.1, 0.15) is 5.75 Å². The summed E-state index contributed by atoms with van der Waals surface area (Å²) in [6.07, 6.45) is 10.5. The molecular weight excluding hydrogens is 668 g/mol. The summed E-state index contributed by atoms with van der Waals surface area (Å²) < 4.78 is 13.9. The molecule has 1 saturated heterocycles. The fourth-order valence-corrected chi connectivity index (χ4v) is 10.2. The van der Waals surface area contributed by atoms with Gasteiger partial charge in [0.25, 0.3) is 0 Å². The van der Waals surface area contributed by atoms with E-state index in [9.17, 15) is 19.8 Å². The van der Waals surface area contributed by atoms with Gasteiger partial charge < -0.3 is 29.2 Å². The molecule has 2 bridgehead atoms. The second kappa shape index (κ2) is 13.0. The summed E-state index contributed by atoms with van der Waals surface area (Å²) in [7, 11) is -2.11. The lowest BCUT2D eigenvalue weighted by Gasteiger charge is -2.48. The van der Waals surface area contributed by atoms with Gasteiger partial charge in [0.2, 0.25) is 5.91 Å². The molecule has 0 unspecified atom stereocenters. The Morgan fingerprint density at radius 1 is 1.12 bits per heavy atom. The summed E-state index contributed by atoms with van der Waals surface area (Å²) in [5.41, 5.74) is 0.822. The van der Waals surface area contributed by atoms with E-state index in [0.29, 0.717) is 43.7 Å². The third kappa shape index (κ3) is 6.30. The van der Waals surface area contributed by atoms with Crippen LogP contribution in [0.5, 0.6) is 5.75 Å². The second-order valence-corrected chi connectivity index (χ2v) is 22.4. The van der Waals surface area contributed by atoms with Crippen LogP contribution in [0.25, 0.3) is 0 Å². The summed E-state index contributed by atoms with van der Waals surface area (Å²) in [6, 6.07) is 11.4. The van der Waals surface area contributed by atoms with Gasteiger partial charge in [0.15, 0.2) is 13.9 Å². The summed E-state index contributed by atoms with van der Waals surface area (Å²) >= 11 is 6.48. The highest BCUT2D eigenvalue weighted by Crippen LogP contribution is 2.49. The number of fused-ring (bicyclic) bond motifs is 5. The number of carboxylic acids is 1. The van der Waals surface area contributed by atoms with Crippen molar-refractivity contribution in [2.24, 2.45) is 11.8 Å². The predicted molar refractivity (Wildman–Crippen MR) is 199 cm³/mol. The molecule has 1 amide bonds. The van der Waals surface area contributed by atoms with Gasteiger partial charge >= 0.3 is 5.97 Å². The van der Waals surface area contributed by atoms with Crippen LogP contribution >= 0.6 is 11.6 Å². The second-order valence-electron chi connectivity index (χ2n) is 17.2. The average molecular weight is 721 g/mol. The lowest BCUT2D eigenvalue weighted by Crippen LogP contribution is -2.53. The van der Waals surface area contributed by atoms with Gasteiger partial charge in [-0.3, -0.25) is 4.79 Å². The van der Waals surface area contributed by atoms with Crippen molar-refractivity contribution >= 4 is 37.5 Å². The molecule has 8 nitrogen and oxygen atoms in total. The third-order valence-corrected chi connectivity index (χ3v) is 17.8. The summed E-state index contributed by atoms with van der Waals surface area (Å²) in [5, 5.41) is 23.1. The molecule has 7 rings (SSSR count). The maximum Gasteiger partial charge on any atom is 0.340 e. The molecule has 1 saturated carbocycles. The quantitative estimate of drug-likeness (QED) is 0.251. The van der Waals surface area contributed by atoms with Crippen LogP contribution in [0.2, 0.25) is 23.2 Å². The Morgan fingerprint density at radius 3 is 2.60 bits per heavy atom. The Balaban J connectivity index is 1.33. The van der Waals surface area contributed by atoms with Gasteiger partial charge in [-0.15, -0.1) is 0 Å². The van der Waals surface area contributed by atoms with Crippen LogP contribution in [-0.2, 0) is 31.5 Å². The van der Waals surface area contributed by atoms with Crippen LogP contribution in [0.4, 0.5) is 5.69 Å². The van der Waals surface area contributed by atoms with Gasteiger partial charge in [0, 0.05) is 36.1 Å². The van der Waals surface area contributed by atoms with Gasteiger partial charge in [-0.25, -0.2) is 4.79 Å². The van der Waals surface area contributed by atoms with Crippen molar-refractivity contribution in [3.05, 3.63) is 70.3 Å². The van der Waals surface area contributed by atoms with Crippen molar-refractivity contribution < 1.29 is 29.0 Å². The Morgan fingerprint density at radius 2 is 1.92 bits per heavy atom. The molecule has 50 heavy (non-hydrogen) atoms. The van der Waals surface area contributed by atoms with Gasteiger partial charge in [-0.1, -0.05) is 56.7 Å². The number of amides is 1. The SMILES string of the molecule is CC(C)(C)[Si](C)(C)O[C@H]1/C=C/C[C@H]2CCN2C(=O)C[C@](O)(C(=O)O)c2ccc3c(c2)N(C[C@@H]2CC[C@H]21)C[C@@]1(CCCc2cc(Cl)ccc21)CO3. The van der Waals surface area contributed by atoms with Gasteiger partial charge in [-0.05, 0) is 116 Å². The number of nitrogens with zero attached hydrogens (tertiary/aromatic N) is 2. The number of carboxylic acid groups (broad SMARTS) is 1. The first-order chi connectivity index (χ1) is 23.6. The Kier molecular flexibility index (Phi) is 9.22. The topological polar surface area (TPSA) is 99.5 Å². The number of halogens is 1. The highest BCUT2D eigenvalue weighted by Gasteiger charge is 2.49. The first kappa shape index (κ1) is 35.5. The minimum atomic E-state index is -2.37. The maximum atomic E-state index is 13.7. The van der Waals surface area contributed by atoms with E-state index in [1.807, 2.05) is 6.07 Å². The van der Waals surface area contributed by atoms with Crippen LogP contribution in [-0.4, -0.2) is 73.7 Å². The van der Waals surface area contributed by atoms with Crippen molar-refractivity contribution in [1.29, 1.82) is 0 Å². The number of carbonyl (C=O) groups is 2. The van der Waals surface area contributed by atoms with Crippen molar-refractivity contribution in [2.75, 3.05) is 31.1 Å². The molecule has 2 N–H and O–H groups in total. The number of anilines is 1. The number of aliphatic hydroxyl groups is 1. The van der Waals surface area contributed by atoms with Crippen molar-refractivity contribution in [3.63, 3.8) is 0 Å². The summed E-state index contributed by atoms with van der Waals surface area (Å²) in [5.74, 6) is -0.432. The normalized spacial score (nSPS) is 32.0. The van der Waals surface area contributed by atoms with Crippen molar-refractivity contribution in [3.8, 4) is 5.75 Å². The zero-order valence-corrected chi connectivity index (χ0v) is 32.0. The van der Waals surface area contributed by atoms with Gasteiger partial charge in [-0.2, -0.15) is 0 Å². The standard InChI is InChI=1S/C40H53ClN2O6Si/c1-38(2,3)50(4,5)49-34-10-6-9-30-17-19-43(30)36(44)22-40(47,37(45)46)28-12-16-35-33(21-28)42(23-27-11-14-31(27)34)24-39(25-48-35)18-7-8-26-20-29(41)13-15-32(26)39/h6,10,12-13,15-16,20-21,27,30-31,34,47H,7-9,11,14,17-19,22-25H2,1-5H3,(H,45,46)/b10-6+/t27-,30-,31+,34-,39-,40+/m0/s1. The summed E-state index contributed by atoms with van der Waals surface area (Å²) in [6.45, 7) is 14.0. The first-order valence-corrected chi connectivity index (χ1v) is 21.8. The van der Waals surface area contributed by atoms with E-state index in [2.05, 4.69) is 63.0 Å². The molecule has 3 aliphatic heterocycles. The molecule has 2 aliphatic carbocycles. The number of aryl methyl sites for hydroxylation is 1. The molecule has 0 aromatic heterocycles. The highest BCUT2D eigenvalue weighted by atomic mass is 35.5. The molecular formula is C40H53ClN2O6Si. The van der Waals surface area contributed by atoms with E-state index < -0.39 is 26.3 Å². The number of carbonyl (C=O) groups excluding carboxylic acids is 1. The molecule has 2 aromatic carbocycles. The first-order valence-electron chi connectivity index (χ1n) is 18.5. The fourth-order valence-electron chi connectivity index (χ4n) is 8.70. The van der Waals surface area contributed by atoms with E-state index in [-0.39, 0.29) is 34.1 Å². The minimum Gasteiger partial charge on any atom is -0.490 e. The van der Waals surface area contributed by atoms with Crippen LogP contribution in [0.1, 0.15) is 82.4 Å². The number of benzene rings is 2. The molecule has 10 heteroatoms. The van der Waals surface area contributed by atoms with E-state index in [4.69, 9.17) is 20.8 Å². The number of rotatable bonds is 3. The minimum absolute atomic E-state index is 0.0178. The van der Waals surface area contributed by atoms with E-state index >= 15 is 0 Å². The number of hydrogen-bond donors (Lipinski definition) is 2. The summed E-state index contributed by atoms with van der Waals surface area (Å²) in [4.78, 5) is 30.6. The molecule has 3 heterocycles. The smallest absolute Gasteiger partial charge is 0.340 e. The lowest BCUT2D eigenvalue weighted by atomic mass is 9.68.